The monoisotopic (exact) mass is 673 g/mol. The van der Waals surface area contributed by atoms with Crippen LogP contribution >= 0.6 is 0 Å². The lowest BCUT2D eigenvalue weighted by Gasteiger charge is -2.13. The van der Waals surface area contributed by atoms with Crippen LogP contribution in [0.1, 0.15) is 123 Å². The number of hydrogen-bond donors (Lipinski definition) is 0. The third kappa shape index (κ3) is 19.9. The topological polar surface area (TPSA) is 77.8 Å². The predicted octanol–water partition coefficient (Wildman–Crippen LogP) is 6.77. The highest BCUT2D eigenvalue weighted by atomic mass is 16.2. The van der Waals surface area contributed by atoms with Gasteiger partial charge >= 0.3 is 0 Å². The molecule has 0 amide bonds. The van der Waals surface area contributed by atoms with Crippen molar-refractivity contribution in [1.29, 1.82) is 0 Å². The van der Waals surface area contributed by atoms with Crippen molar-refractivity contribution in [1.82, 2.24) is 9.13 Å². The Morgan fingerprint density at radius 2 is 1.50 bits per heavy atom. The molecule has 0 spiro atoms. The summed E-state index contributed by atoms with van der Waals surface area (Å²) < 4.78 is 10.4. The molecule has 48 heavy (non-hydrogen) atoms. The fraction of sp³-hybridized carbons (Fsp3) is 0.718. The fourth-order valence-corrected chi connectivity index (χ4v) is 5.64. The molecule has 8 nitrogen and oxygen atoms in total. The van der Waals surface area contributed by atoms with Gasteiger partial charge in [0.2, 0.25) is 12.7 Å². The highest BCUT2D eigenvalue weighted by Gasteiger charge is 2.28. The molecule has 9 heteroatoms. The number of carbonyl (C=O) groups is 2. The molecular weight excluding hydrogens is 597 g/mol. The van der Waals surface area contributed by atoms with Gasteiger partial charge in [-0.15, -0.1) is 0 Å². The average Bonchev–Trinajstić information content (AvgIpc) is 3.71. The molecule has 275 valence electrons. The number of rotatable bonds is 13. The van der Waals surface area contributed by atoms with Gasteiger partial charge in [-0.25, -0.2) is 22.8 Å². The van der Waals surface area contributed by atoms with E-state index < -0.39 is 0 Å². The van der Waals surface area contributed by atoms with Crippen molar-refractivity contribution in [3.8, 4) is 0 Å². The first-order chi connectivity index (χ1) is 20.9. The lowest BCUT2D eigenvalue weighted by molar-refractivity contribution is -0.683. The maximum Gasteiger partial charge on any atom is 0.244 e. The summed E-state index contributed by atoms with van der Waals surface area (Å²) >= 11 is 0. The molecule has 4 rings (SSSR count). The molecular formula is C39H75BN5O3+2. The van der Waals surface area contributed by atoms with Crippen molar-refractivity contribution < 1.29 is 28.4 Å². The summed E-state index contributed by atoms with van der Waals surface area (Å²) in [5.74, 6) is 4.05. The van der Waals surface area contributed by atoms with Crippen LogP contribution in [0.5, 0.6) is 0 Å². The van der Waals surface area contributed by atoms with Crippen LogP contribution in [-0.4, -0.2) is 51.8 Å². The second-order valence-electron chi connectivity index (χ2n) is 13.7. The van der Waals surface area contributed by atoms with Crippen molar-refractivity contribution in [3.63, 3.8) is 0 Å². The smallest absolute Gasteiger partial charge is 0.244 e. The van der Waals surface area contributed by atoms with E-state index in [9.17, 15) is 14.7 Å². The second-order valence-corrected chi connectivity index (χ2v) is 13.7. The largest absolute Gasteiger partial charge is 0.861 e. The normalized spacial score (nSPS) is 17.8. The van der Waals surface area contributed by atoms with E-state index in [1.807, 2.05) is 41.3 Å². The maximum atomic E-state index is 11.1. The molecule has 2 aromatic rings. The van der Waals surface area contributed by atoms with Gasteiger partial charge in [-0.3, -0.25) is 9.59 Å². The van der Waals surface area contributed by atoms with Crippen LogP contribution in [0, 0.1) is 23.7 Å². The highest BCUT2D eigenvalue weighted by molar-refractivity contribution is 6.38. The van der Waals surface area contributed by atoms with Crippen LogP contribution in [0.25, 0.3) is 0 Å². The SMILES string of the molecule is C.C.C.C.CC(=O)C[n+]1ccn(C(C)C)c1.CC(=O)C[n+]1ccn(CC2CCC(C(C)C)C2)c1.CC(C)CC[N+]1=CCC([B]C[O-])C=C1. The number of nitrogens with zero attached hydrogens (tertiary/aromatic N) is 5. The van der Waals surface area contributed by atoms with E-state index in [1.165, 1.54) is 25.7 Å². The van der Waals surface area contributed by atoms with Crippen molar-refractivity contribution in [2.75, 3.05) is 13.1 Å². The van der Waals surface area contributed by atoms with E-state index >= 15 is 0 Å². The van der Waals surface area contributed by atoms with Crippen LogP contribution in [0.2, 0.25) is 5.82 Å². The number of hydrogen-bond acceptors (Lipinski definition) is 3. The summed E-state index contributed by atoms with van der Waals surface area (Å²) in [5, 5.41) is 10.4. The molecule has 2 aliphatic rings. The molecule has 0 saturated heterocycles. The zero-order chi connectivity index (χ0) is 32.6. The Morgan fingerprint density at radius 1 is 0.896 bits per heavy atom. The van der Waals surface area contributed by atoms with Gasteiger partial charge in [-0.2, -0.15) is 6.51 Å². The quantitative estimate of drug-likeness (QED) is 0.174. The number of aromatic nitrogens is 4. The van der Waals surface area contributed by atoms with Crippen LogP contribution in [0.15, 0.2) is 49.7 Å². The predicted molar refractivity (Wildman–Crippen MR) is 202 cm³/mol. The first kappa shape index (κ1) is 49.6. The molecule has 1 aliphatic heterocycles. The van der Waals surface area contributed by atoms with E-state index in [2.05, 4.69) is 86.3 Å². The minimum Gasteiger partial charge on any atom is -0.861 e. The molecule has 0 bridgehead atoms. The van der Waals surface area contributed by atoms with Crippen LogP contribution < -0.4 is 14.2 Å². The van der Waals surface area contributed by atoms with Crippen LogP contribution in [0.3, 0.4) is 0 Å². The first-order valence-electron chi connectivity index (χ1n) is 16.6. The van der Waals surface area contributed by atoms with E-state index in [4.69, 9.17) is 0 Å². The molecule has 3 unspecified atom stereocenters. The second kappa shape index (κ2) is 26.1. The third-order valence-electron chi connectivity index (χ3n) is 8.36. The molecule has 2 aromatic heterocycles. The van der Waals surface area contributed by atoms with E-state index in [0.29, 0.717) is 24.9 Å². The molecule has 3 heterocycles. The number of imidazole rings is 2. The van der Waals surface area contributed by atoms with Crippen LogP contribution in [0.4, 0.5) is 0 Å². The lowest BCUT2D eigenvalue weighted by atomic mass is 9.64. The van der Waals surface area contributed by atoms with Crippen LogP contribution in [-0.2, 0) is 29.2 Å². The van der Waals surface area contributed by atoms with Crippen molar-refractivity contribution in [2.45, 2.75) is 149 Å². The summed E-state index contributed by atoms with van der Waals surface area (Å²) in [5.41, 5.74) is 0. The molecule has 0 aromatic carbocycles. The Labute approximate surface area is 297 Å². The highest BCUT2D eigenvalue weighted by Crippen LogP contribution is 2.36. The average molecular weight is 673 g/mol. The van der Waals surface area contributed by atoms with Gasteiger partial charge in [0.15, 0.2) is 17.8 Å². The van der Waals surface area contributed by atoms with Gasteiger partial charge in [-0.05, 0) is 82.5 Å². The Morgan fingerprint density at radius 3 is 1.96 bits per heavy atom. The van der Waals surface area contributed by atoms with Gasteiger partial charge in [0, 0.05) is 12.8 Å². The Bertz CT molecular complexity index is 1200. The minimum atomic E-state index is -0.0746. The van der Waals surface area contributed by atoms with Gasteiger partial charge in [0.1, 0.15) is 57.9 Å². The zero-order valence-electron chi connectivity index (χ0n) is 28.8. The first-order valence-corrected chi connectivity index (χ1v) is 16.6. The third-order valence-corrected chi connectivity index (χ3v) is 8.36. The van der Waals surface area contributed by atoms with E-state index in [1.54, 1.807) is 13.8 Å². The fourth-order valence-electron chi connectivity index (χ4n) is 5.64. The molecule has 1 saturated carbocycles. The summed E-state index contributed by atoms with van der Waals surface area (Å²) in [7, 11) is 1.83. The minimum absolute atomic E-state index is 0. The molecule has 1 radical (unpaired) electrons. The molecule has 0 N–H and O–H groups in total. The number of ketones is 2. The number of Topliss-reactive ketones (excluding diaryl/α,β-unsaturated/α-hetero) is 2. The molecule has 3 atom stereocenters. The van der Waals surface area contributed by atoms with Gasteiger partial charge in [0.25, 0.3) is 0 Å². The van der Waals surface area contributed by atoms with Gasteiger partial charge < -0.3 is 5.11 Å². The number of allylic oxidation sites excluding steroid dienone is 1. The van der Waals surface area contributed by atoms with Crippen molar-refractivity contribution in [3.05, 3.63) is 49.7 Å². The summed E-state index contributed by atoms with van der Waals surface area (Å²) in [4.78, 5) is 21.8. The molecule has 1 fully saturated rings. The zero-order valence-corrected chi connectivity index (χ0v) is 28.8. The Kier molecular flexibility index (Phi) is 27.0. The molecule has 1 aliphatic carbocycles. The van der Waals surface area contributed by atoms with Gasteiger partial charge in [-0.1, -0.05) is 57.4 Å². The lowest BCUT2D eigenvalue weighted by Crippen LogP contribution is -2.34. The number of carbonyl (C=O) groups excluding carboxylic acids is 2. The summed E-state index contributed by atoms with van der Waals surface area (Å²) in [6.07, 6.45) is 24.7. The van der Waals surface area contributed by atoms with Gasteiger partial charge in [0.05, 0.1) is 12.6 Å². The maximum absolute atomic E-state index is 11.1. The van der Waals surface area contributed by atoms with E-state index in [0.717, 1.165) is 43.2 Å². The Hall–Kier alpha value is -2.81. The van der Waals surface area contributed by atoms with Crippen molar-refractivity contribution >= 4 is 25.1 Å². The van der Waals surface area contributed by atoms with E-state index in [-0.39, 0.29) is 47.8 Å². The standard InChI is InChI=1S/C15H25N2O.C11H19BNO.C9H15N2O.4CH4/c1-12(2)15-5-4-14(8-15)10-17-7-6-16(11-17)9-13(3)18;1-10(2)3-6-13-7-4-11(5-8-13)12-9-14;1-8(2)11-5-4-10(7-11)6-9(3)12;;;;/h6-7,11-12,14-15H,4-5,8-10H2,1-3H3;4,7-8,10-11H,3,5-6,9H2,1-2H3;4-5,7-8H,6H2,1-3H3;4*1H4/q+1;;+1;;;;. The summed E-state index contributed by atoms with van der Waals surface area (Å²) in [6, 6.07) is 0.457. The Balaban J connectivity index is -0.000000620. The van der Waals surface area contributed by atoms with Crippen molar-refractivity contribution in [2.24, 2.45) is 23.7 Å². The summed E-state index contributed by atoms with van der Waals surface area (Å²) in [6.45, 7) is 19.7.